The van der Waals surface area contributed by atoms with Gasteiger partial charge in [-0.1, -0.05) is 18.2 Å². The standard InChI is InChI=1S/C19H18N4O2/c1-11-15-8-14(10-20-18(15)23(3)22-11)19(24)21-12(2)17-9-13-6-4-5-7-16(13)25-17/h4-10,12H,1-3H3,(H,21,24). The normalized spacial score (nSPS) is 12.6. The Hall–Kier alpha value is -3.15. The first-order valence-corrected chi connectivity index (χ1v) is 8.11. The lowest BCUT2D eigenvalue weighted by molar-refractivity contribution is 0.0935. The number of pyridine rings is 1. The monoisotopic (exact) mass is 334 g/mol. The van der Waals surface area contributed by atoms with Crippen molar-refractivity contribution in [3.05, 3.63) is 59.6 Å². The minimum Gasteiger partial charge on any atom is -0.459 e. The maximum Gasteiger partial charge on any atom is 0.253 e. The van der Waals surface area contributed by atoms with E-state index in [1.807, 2.05) is 57.3 Å². The van der Waals surface area contributed by atoms with Gasteiger partial charge in [0.05, 0.1) is 17.3 Å². The van der Waals surface area contributed by atoms with Crippen LogP contribution in [0.15, 0.2) is 47.0 Å². The molecule has 0 saturated carbocycles. The second-order valence-electron chi connectivity index (χ2n) is 6.19. The summed E-state index contributed by atoms with van der Waals surface area (Å²) in [7, 11) is 1.84. The van der Waals surface area contributed by atoms with E-state index in [4.69, 9.17) is 4.42 Å². The molecule has 0 bridgehead atoms. The Morgan fingerprint density at radius 1 is 1.28 bits per heavy atom. The molecule has 1 unspecified atom stereocenters. The number of nitrogens with zero attached hydrogens (tertiary/aromatic N) is 3. The highest BCUT2D eigenvalue weighted by Crippen LogP contribution is 2.24. The van der Waals surface area contributed by atoms with Gasteiger partial charge >= 0.3 is 0 Å². The fourth-order valence-corrected chi connectivity index (χ4v) is 3.00. The van der Waals surface area contributed by atoms with Crippen molar-refractivity contribution in [2.45, 2.75) is 19.9 Å². The van der Waals surface area contributed by atoms with Crippen LogP contribution in [0.1, 0.15) is 34.8 Å². The average molecular weight is 334 g/mol. The number of nitrogens with one attached hydrogen (secondary N) is 1. The minimum atomic E-state index is -0.245. The molecule has 1 amide bonds. The highest BCUT2D eigenvalue weighted by Gasteiger charge is 2.17. The Kier molecular flexibility index (Phi) is 3.53. The molecule has 6 nitrogen and oxygen atoms in total. The summed E-state index contributed by atoms with van der Waals surface area (Å²) in [6.45, 7) is 3.81. The van der Waals surface area contributed by atoms with Gasteiger partial charge in [0.15, 0.2) is 5.65 Å². The summed E-state index contributed by atoms with van der Waals surface area (Å²) < 4.78 is 7.53. The third-order valence-electron chi connectivity index (χ3n) is 4.34. The van der Waals surface area contributed by atoms with E-state index in [1.165, 1.54) is 0 Å². The Morgan fingerprint density at radius 3 is 2.88 bits per heavy atom. The lowest BCUT2D eigenvalue weighted by atomic mass is 10.1. The Morgan fingerprint density at radius 2 is 2.08 bits per heavy atom. The first-order chi connectivity index (χ1) is 12.0. The molecule has 0 fully saturated rings. The number of hydrogen-bond acceptors (Lipinski definition) is 4. The van der Waals surface area contributed by atoms with Crippen molar-refractivity contribution in [3.63, 3.8) is 0 Å². The second kappa shape index (κ2) is 5.73. The van der Waals surface area contributed by atoms with E-state index in [1.54, 1.807) is 10.9 Å². The molecule has 0 aliphatic carbocycles. The number of aromatic nitrogens is 3. The van der Waals surface area contributed by atoms with Gasteiger partial charge in [-0.05, 0) is 32.0 Å². The molecule has 0 spiro atoms. The molecular weight excluding hydrogens is 316 g/mol. The van der Waals surface area contributed by atoms with Crippen LogP contribution in [0.3, 0.4) is 0 Å². The number of benzene rings is 1. The molecule has 1 aromatic carbocycles. The summed E-state index contributed by atoms with van der Waals surface area (Å²) in [6, 6.07) is 11.3. The number of carbonyl (C=O) groups excluding carboxylic acids is 1. The zero-order valence-electron chi connectivity index (χ0n) is 14.3. The third-order valence-corrected chi connectivity index (χ3v) is 4.34. The van der Waals surface area contributed by atoms with E-state index in [-0.39, 0.29) is 11.9 Å². The molecule has 0 aliphatic rings. The molecule has 3 heterocycles. The molecule has 126 valence electrons. The summed E-state index contributed by atoms with van der Waals surface area (Å²) in [6.07, 6.45) is 1.57. The first-order valence-electron chi connectivity index (χ1n) is 8.11. The molecule has 4 rings (SSSR count). The number of amides is 1. The van der Waals surface area contributed by atoms with Crippen molar-refractivity contribution in [3.8, 4) is 0 Å². The first kappa shape index (κ1) is 15.4. The van der Waals surface area contributed by atoms with Crippen molar-refractivity contribution >= 4 is 27.9 Å². The second-order valence-corrected chi connectivity index (χ2v) is 6.19. The predicted octanol–water partition coefficient (Wildman–Crippen LogP) is 3.51. The lowest BCUT2D eigenvalue weighted by Crippen LogP contribution is -2.26. The van der Waals surface area contributed by atoms with Crippen molar-refractivity contribution in [1.82, 2.24) is 20.1 Å². The topological polar surface area (TPSA) is 73.0 Å². The van der Waals surface area contributed by atoms with E-state index in [2.05, 4.69) is 15.4 Å². The maximum atomic E-state index is 12.6. The van der Waals surface area contributed by atoms with Gasteiger partial charge in [0.25, 0.3) is 5.91 Å². The van der Waals surface area contributed by atoms with Crippen LogP contribution >= 0.6 is 0 Å². The van der Waals surface area contributed by atoms with Crippen LogP contribution in [0.25, 0.3) is 22.0 Å². The molecule has 1 atom stereocenters. The average Bonchev–Trinajstić information content (AvgIpc) is 3.16. The molecule has 0 radical (unpaired) electrons. The van der Waals surface area contributed by atoms with Crippen LogP contribution in [0.5, 0.6) is 0 Å². The largest absolute Gasteiger partial charge is 0.459 e. The van der Waals surface area contributed by atoms with Crippen molar-refractivity contribution in [2.24, 2.45) is 7.05 Å². The summed E-state index contributed by atoms with van der Waals surface area (Å²) >= 11 is 0. The Balaban J connectivity index is 1.59. The molecule has 25 heavy (non-hydrogen) atoms. The van der Waals surface area contributed by atoms with E-state index in [9.17, 15) is 4.79 Å². The van der Waals surface area contributed by atoms with Gasteiger partial charge in [-0.15, -0.1) is 0 Å². The number of carbonyl (C=O) groups is 1. The van der Waals surface area contributed by atoms with Crippen molar-refractivity contribution in [2.75, 3.05) is 0 Å². The van der Waals surface area contributed by atoms with Crippen LogP contribution in [0.4, 0.5) is 0 Å². The SMILES string of the molecule is Cc1nn(C)c2ncc(C(=O)NC(C)c3cc4ccccc4o3)cc12. The fraction of sp³-hybridized carbons (Fsp3) is 0.211. The fourth-order valence-electron chi connectivity index (χ4n) is 3.00. The van der Waals surface area contributed by atoms with Crippen LogP contribution in [-0.4, -0.2) is 20.7 Å². The van der Waals surface area contributed by atoms with Crippen LogP contribution in [-0.2, 0) is 7.05 Å². The predicted molar refractivity (Wildman–Crippen MR) is 95.3 cm³/mol. The van der Waals surface area contributed by atoms with Gasteiger partial charge in [-0.3, -0.25) is 9.48 Å². The van der Waals surface area contributed by atoms with Crippen molar-refractivity contribution < 1.29 is 9.21 Å². The summed E-state index contributed by atoms with van der Waals surface area (Å²) in [5.74, 6) is 0.534. The van der Waals surface area contributed by atoms with Crippen molar-refractivity contribution in [1.29, 1.82) is 0 Å². The van der Waals surface area contributed by atoms with Gasteiger partial charge in [-0.25, -0.2) is 4.98 Å². The van der Waals surface area contributed by atoms with Gasteiger partial charge in [0.2, 0.25) is 0 Å². The van der Waals surface area contributed by atoms with Gasteiger partial charge in [0.1, 0.15) is 11.3 Å². The van der Waals surface area contributed by atoms with E-state index < -0.39 is 0 Å². The Bertz CT molecular complexity index is 1060. The highest BCUT2D eigenvalue weighted by atomic mass is 16.3. The van der Waals surface area contributed by atoms with Gasteiger partial charge < -0.3 is 9.73 Å². The van der Waals surface area contributed by atoms with E-state index in [0.717, 1.165) is 33.5 Å². The smallest absolute Gasteiger partial charge is 0.253 e. The van der Waals surface area contributed by atoms with Gasteiger partial charge in [0, 0.05) is 24.0 Å². The van der Waals surface area contributed by atoms with Crippen LogP contribution < -0.4 is 5.32 Å². The number of furan rings is 1. The number of hydrogen-bond donors (Lipinski definition) is 1. The molecule has 0 aliphatic heterocycles. The van der Waals surface area contributed by atoms with E-state index >= 15 is 0 Å². The Labute approximate surface area is 144 Å². The van der Waals surface area contributed by atoms with E-state index in [0.29, 0.717) is 5.56 Å². The number of aryl methyl sites for hydroxylation is 2. The number of rotatable bonds is 3. The highest BCUT2D eigenvalue weighted by molar-refractivity contribution is 5.97. The molecule has 6 heteroatoms. The number of para-hydroxylation sites is 1. The van der Waals surface area contributed by atoms with Crippen LogP contribution in [0, 0.1) is 6.92 Å². The third kappa shape index (κ3) is 2.65. The minimum absolute atomic E-state index is 0.189. The summed E-state index contributed by atoms with van der Waals surface area (Å²) in [5.41, 5.74) is 2.93. The zero-order chi connectivity index (χ0) is 17.6. The maximum absolute atomic E-state index is 12.6. The summed E-state index contributed by atoms with van der Waals surface area (Å²) in [5, 5.41) is 9.20. The lowest BCUT2D eigenvalue weighted by Gasteiger charge is -2.11. The number of fused-ring (bicyclic) bond motifs is 2. The molecule has 0 saturated heterocycles. The molecular formula is C19H18N4O2. The van der Waals surface area contributed by atoms with Crippen LogP contribution in [0.2, 0.25) is 0 Å². The zero-order valence-corrected chi connectivity index (χ0v) is 14.3. The quantitative estimate of drug-likeness (QED) is 0.622. The molecule has 4 aromatic rings. The van der Waals surface area contributed by atoms with Gasteiger partial charge in [-0.2, -0.15) is 5.10 Å². The molecule has 1 N–H and O–H groups in total. The summed E-state index contributed by atoms with van der Waals surface area (Å²) in [4.78, 5) is 16.9. The molecule has 3 aromatic heterocycles.